The van der Waals surface area contributed by atoms with Crippen LogP contribution in [0.25, 0.3) is 10.9 Å². The molecule has 2 atom stereocenters. The van der Waals surface area contributed by atoms with Crippen LogP contribution in [-0.2, 0) is 0 Å². The van der Waals surface area contributed by atoms with E-state index in [-0.39, 0.29) is 35.2 Å². The zero-order valence-corrected chi connectivity index (χ0v) is 19.0. The molecule has 2 unspecified atom stereocenters. The molecule has 0 aliphatic heterocycles. The zero-order chi connectivity index (χ0) is 22.6. The number of benzene rings is 1. The van der Waals surface area contributed by atoms with Crippen LogP contribution < -0.4 is 22.1 Å². The maximum absolute atomic E-state index is 12.8. The average Bonchev–Trinajstić information content (AvgIpc) is 2.68. The lowest BCUT2D eigenvalue weighted by molar-refractivity contribution is 0.0939. The van der Waals surface area contributed by atoms with Crippen LogP contribution in [0.15, 0.2) is 23.2 Å². The number of hydrogen-bond acceptors (Lipinski definition) is 5. The van der Waals surface area contributed by atoms with E-state index in [9.17, 15) is 4.79 Å². The summed E-state index contributed by atoms with van der Waals surface area (Å²) in [7, 11) is 0. The molecule has 1 aliphatic rings. The third-order valence-electron chi connectivity index (χ3n) is 5.58. The van der Waals surface area contributed by atoms with Gasteiger partial charge in [0.05, 0.1) is 17.6 Å². The molecule has 3 rings (SSSR count). The first kappa shape index (κ1) is 22.8. The number of guanidine groups is 1. The number of nitrogens with one attached hydrogen (secondary N) is 2. The lowest BCUT2D eigenvalue weighted by Gasteiger charge is -2.30. The molecular weight excluding hydrogens is 390 g/mol. The van der Waals surface area contributed by atoms with Crippen molar-refractivity contribution in [1.82, 2.24) is 15.3 Å². The summed E-state index contributed by atoms with van der Waals surface area (Å²) in [4.78, 5) is 26.3. The first-order chi connectivity index (χ1) is 14.6. The van der Waals surface area contributed by atoms with Gasteiger partial charge in [0.1, 0.15) is 5.82 Å². The van der Waals surface area contributed by atoms with E-state index < -0.39 is 0 Å². The summed E-state index contributed by atoms with van der Waals surface area (Å²) in [5, 5.41) is 7.37. The molecule has 1 saturated carbocycles. The Hall–Kier alpha value is -2.90. The smallest absolute Gasteiger partial charge is 0.289 e. The minimum absolute atomic E-state index is 0.0161. The van der Waals surface area contributed by atoms with Crippen LogP contribution in [0.5, 0.6) is 0 Å². The maximum atomic E-state index is 12.8. The van der Waals surface area contributed by atoms with Gasteiger partial charge in [0.2, 0.25) is 5.82 Å². The lowest BCUT2D eigenvalue weighted by atomic mass is 9.90. The number of carbonyl (C=O) groups is 1. The van der Waals surface area contributed by atoms with Gasteiger partial charge in [-0.2, -0.15) is 0 Å². The summed E-state index contributed by atoms with van der Waals surface area (Å²) in [6, 6.07) is 5.99. The normalized spacial score (nSPS) is 19.1. The standard InChI is InChI=1S/C23H35N7O/c1-14-9-10-16-15(13-14)19(28-17-7-5-6-8-18(17)29-22(24)25)30-20(27-16)21(31)26-12-11-23(2,3)4/h9-10,13,17-18H,5-8,11-12H2,1-4H3,(H,26,31)(H4,24,25,29)(H,27,28,30). The highest BCUT2D eigenvalue weighted by Gasteiger charge is 2.26. The summed E-state index contributed by atoms with van der Waals surface area (Å²) in [5.74, 6) is 0.652. The Balaban J connectivity index is 1.90. The summed E-state index contributed by atoms with van der Waals surface area (Å²) >= 11 is 0. The van der Waals surface area contributed by atoms with Crippen LogP contribution in [0.2, 0.25) is 0 Å². The lowest BCUT2D eigenvalue weighted by Crippen LogP contribution is -2.38. The van der Waals surface area contributed by atoms with E-state index in [0.29, 0.717) is 12.4 Å². The molecule has 1 aromatic heterocycles. The summed E-state index contributed by atoms with van der Waals surface area (Å²) in [6.45, 7) is 9.04. The third kappa shape index (κ3) is 6.29. The average molecular weight is 426 g/mol. The molecule has 1 amide bonds. The van der Waals surface area contributed by atoms with Crippen molar-refractivity contribution in [3.8, 4) is 0 Å². The molecule has 0 radical (unpaired) electrons. The number of hydrogen-bond donors (Lipinski definition) is 4. The Bertz CT molecular complexity index is 960. The molecule has 8 heteroatoms. The number of rotatable bonds is 6. The van der Waals surface area contributed by atoms with Crippen LogP contribution in [-0.4, -0.2) is 40.5 Å². The highest BCUT2D eigenvalue weighted by atomic mass is 16.2. The van der Waals surface area contributed by atoms with Crippen LogP contribution in [0.3, 0.4) is 0 Å². The minimum Gasteiger partial charge on any atom is -0.370 e. The van der Waals surface area contributed by atoms with Gasteiger partial charge in [0.15, 0.2) is 5.96 Å². The number of nitrogens with zero attached hydrogens (tertiary/aromatic N) is 3. The molecule has 8 nitrogen and oxygen atoms in total. The fraction of sp³-hybridized carbons (Fsp3) is 0.565. The largest absolute Gasteiger partial charge is 0.370 e. The molecule has 0 spiro atoms. The van der Waals surface area contributed by atoms with E-state index in [2.05, 4.69) is 46.4 Å². The van der Waals surface area contributed by atoms with E-state index in [1.54, 1.807) is 0 Å². The monoisotopic (exact) mass is 425 g/mol. The second kappa shape index (κ2) is 9.49. The van der Waals surface area contributed by atoms with Crippen molar-refractivity contribution in [3.63, 3.8) is 0 Å². The molecule has 31 heavy (non-hydrogen) atoms. The molecule has 1 heterocycles. The summed E-state index contributed by atoms with van der Waals surface area (Å²) in [6.07, 6.45) is 4.91. The van der Waals surface area contributed by atoms with E-state index in [0.717, 1.165) is 48.6 Å². The Kier molecular flexibility index (Phi) is 6.97. The van der Waals surface area contributed by atoms with Crippen molar-refractivity contribution < 1.29 is 4.79 Å². The SMILES string of the molecule is Cc1ccc2nc(C(=O)NCCC(C)(C)C)nc(NC3CCCCC3N=C(N)N)c2c1. The first-order valence-electron chi connectivity index (χ1n) is 11.0. The molecule has 6 N–H and O–H groups in total. The number of amides is 1. The van der Waals surface area contributed by atoms with Gasteiger partial charge >= 0.3 is 0 Å². The van der Waals surface area contributed by atoms with Crippen molar-refractivity contribution >= 4 is 28.6 Å². The predicted molar refractivity (Wildman–Crippen MR) is 126 cm³/mol. The molecule has 1 fully saturated rings. The summed E-state index contributed by atoms with van der Waals surface area (Å²) in [5.41, 5.74) is 13.3. The number of nitrogens with two attached hydrogens (primary N) is 2. The number of aromatic nitrogens is 2. The molecule has 2 aromatic rings. The van der Waals surface area contributed by atoms with E-state index in [1.807, 2.05) is 25.1 Å². The number of carbonyl (C=O) groups excluding carboxylic acids is 1. The number of aliphatic imine (C=N–C) groups is 1. The fourth-order valence-electron chi connectivity index (χ4n) is 3.89. The first-order valence-corrected chi connectivity index (χ1v) is 11.0. The Morgan fingerprint density at radius 2 is 1.94 bits per heavy atom. The predicted octanol–water partition coefficient (Wildman–Crippen LogP) is 3.10. The third-order valence-corrected chi connectivity index (χ3v) is 5.58. The number of fused-ring (bicyclic) bond motifs is 1. The quantitative estimate of drug-likeness (QED) is 0.415. The molecule has 0 saturated heterocycles. The molecule has 1 aliphatic carbocycles. The van der Waals surface area contributed by atoms with Crippen molar-refractivity contribution in [2.45, 2.75) is 71.9 Å². The second-order valence-corrected chi connectivity index (χ2v) is 9.64. The van der Waals surface area contributed by atoms with Gasteiger partial charge in [0, 0.05) is 11.9 Å². The van der Waals surface area contributed by atoms with Gasteiger partial charge in [-0.1, -0.05) is 45.2 Å². The number of aryl methyl sites for hydroxylation is 1. The van der Waals surface area contributed by atoms with Crippen LogP contribution in [0, 0.1) is 12.3 Å². The Labute approximate surface area is 184 Å². The van der Waals surface area contributed by atoms with E-state index >= 15 is 0 Å². The fourth-order valence-corrected chi connectivity index (χ4v) is 3.89. The van der Waals surface area contributed by atoms with Gasteiger partial charge in [-0.15, -0.1) is 0 Å². The topological polar surface area (TPSA) is 131 Å². The van der Waals surface area contributed by atoms with Crippen molar-refractivity contribution in [3.05, 3.63) is 29.6 Å². The van der Waals surface area contributed by atoms with Gasteiger partial charge in [0.25, 0.3) is 5.91 Å². The second-order valence-electron chi connectivity index (χ2n) is 9.64. The Morgan fingerprint density at radius 1 is 1.19 bits per heavy atom. The van der Waals surface area contributed by atoms with Crippen LogP contribution >= 0.6 is 0 Å². The molecule has 168 valence electrons. The van der Waals surface area contributed by atoms with Crippen LogP contribution in [0.4, 0.5) is 5.82 Å². The number of anilines is 1. The van der Waals surface area contributed by atoms with Crippen molar-refractivity contribution in [1.29, 1.82) is 0 Å². The Morgan fingerprint density at radius 3 is 2.65 bits per heavy atom. The zero-order valence-electron chi connectivity index (χ0n) is 19.0. The highest BCUT2D eigenvalue weighted by Crippen LogP contribution is 2.28. The van der Waals surface area contributed by atoms with Gasteiger partial charge in [-0.25, -0.2) is 15.0 Å². The van der Waals surface area contributed by atoms with Gasteiger partial charge in [-0.3, -0.25) is 4.79 Å². The van der Waals surface area contributed by atoms with E-state index in [1.165, 1.54) is 0 Å². The van der Waals surface area contributed by atoms with E-state index in [4.69, 9.17) is 11.5 Å². The highest BCUT2D eigenvalue weighted by molar-refractivity contribution is 5.96. The van der Waals surface area contributed by atoms with Crippen molar-refractivity contribution in [2.75, 3.05) is 11.9 Å². The maximum Gasteiger partial charge on any atom is 0.289 e. The molecule has 0 bridgehead atoms. The van der Waals surface area contributed by atoms with Crippen LogP contribution in [0.1, 0.15) is 69.1 Å². The van der Waals surface area contributed by atoms with Crippen molar-refractivity contribution in [2.24, 2.45) is 21.9 Å². The minimum atomic E-state index is -0.265. The molecule has 1 aromatic carbocycles. The molecular formula is C23H35N7O. The van der Waals surface area contributed by atoms with Gasteiger partial charge < -0.3 is 22.1 Å². The van der Waals surface area contributed by atoms with Gasteiger partial charge in [-0.05, 0) is 43.7 Å². The summed E-state index contributed by atoms with van der Waals surface area (Å²) < 4.78 is 0.